The lowest BCUT2D eigenvalue weighted by atomic mass is 9.75. The van der Waals surface area contributed by atoms with Gasteiger partial charge in [-0.25, -0.2) is 14.9 Å². The fourth-order valence-electron chi connectivity index (χ4n) is 6.13. The molecule has 0 aliphatic carbocycles. The van der Waals surface area contributed by atoms with Crippen LogP contribution < -0.4 is 9.64 Å². The number of nitro groups is 1. The van der Waals surface area contributed by atoms with E-state index < -0.39 is 16.4 Å². The predicted molar refractivity (Wildman–Crippen MR) is 131 cm³/mol. The third-order valence-corrected chi connectivity index (χ3v) is 7.55. The van der Waals surface area contributed by atoms with Gasteiger partial charge < -0.3 is 4.74 Å². The van der Waals surface area contributed by atoms with E-state index in [1.165, 1.54) is 18.2 Å². The molecular formula is C27H24N4O5. The number of rotatable bonds is 5. The molecular weight excluding hydrogens is 460 g/mol. The molecule has 36 heavy (non-hydrogen) atoms. The molecule has 3 aliphatic heterocycles. The third-order valence-electron chi connectivity index (χ3n) is 7.55. The molecule has 0 bridgehead atoms. The summed E-state index contributed by atoms with van der Waals surface area (Å²) in [5.74, 6) is -0.775. The Labute approximate surface area is 207 Å². The maximum absolute atomic E-state index is 14.5. The number of nitro benzene ring substituents is 1. The van der Waals surface area contributed by atoms with E-state index in [9.17, 15) is 19.7 Å². The van der Waals surface area contributed by atoms with E-state index in [4.69, 9.17) is 4.74 Å². The van der Waals surface area contributed by atoms with E-state index in [0.717, 1.165) is 29.0 Å². The molecule has 3 heterocycles. The Bertz CT molecular complexity index is 1360. The molecule has 182 valence electrons. The van der Waals surface area contributed by atoms with Crippen molar-refractivity contribution in [3.8, 4) is 5.75 Å². The van der Waals surface area contributed by atoms with Gasteiger partial charge in [0.1, 0.15) is 5.75 Å². The lowest BCUT2D eigenvalue weighted by Crippen LogP contribution is -2.52. The third kappa shape index (κ3) is 2.96. The fourth-order valence-corrected chi connectivity index (χ4v) is 6.13. The summed E-state index contributed by atoms with van der Waals surface area (Å²) in [5.41, 5.74) is 0.442. The molecule has 3 aliphatic rings. The van der Waals surface area contributed by atoms with Crippen molar-refractivity contribution < 1.29 is 19.2 Å². The summed E-state index contributed by atoms with van der Waals surface area (Å²) in [6.45, 7) is 1.35. The first-order chi connectivity index (χ1) is 17.5. The minimum absolute atomic E-state index is 0.173. The monoisotopic (exact) mass is 484 g/mol. The number of ether oxygens (including phenoxy) is 1. The predicted octanol–water partition coefficient (Wildman–Crippen LogP) is 3.67. The van der Waals surface area contributed by atoms with Crippen LogP contribution in [-0.2, 0) is 15.1 Å². The summed E-state index contributed by atoms with van der Waals surface area (Å²) in [5, 5.41) is 15.7. The summed E-state index contributed by atoms with van der Waals surface area (Å²) in [6, 6.07) is 22.3. The summed E-state index contributed by atoms with van der Waals surface area (Å²) in [7, 11) is 1.60. The molecule has 3 aromatic rings. The van der Waals surface area contributed by atoms with Crippen molar-refractivity contribution in [2.75, 3.05) is 25.1 Å². The lowest BCUT2D eigenvalue weighted by molar-refractivity contribution is -0.384. The van der Waals surface area contributed by atoms with Gasteiger partial charge in [0.15, 0.2) is 5.54 Å². The van der Waals surface area contributed by atoms with Crippen LogP contribution in [0.3, 0.4) is 0 Å². The molecule has 0 radical (unpaired) electrons. The topological polar surface area (TPSA) is 96.2 Å². The van der Waals surface area contributed by atoms with Crippen molar-refractivity contribution in [1.82, 2.24) is 10.0 Å². The number of methoxy groups -OCH3 is 1. The van der Waals surface area contributed by atoms with Crippen molar-refractivity contribution in [2.45, 2.75) is 18.0 Å². The average molecular weight is 485 g/mol. The Kier molecular flexibility index (Phi) is 5.13. The van der Waals surface area contributed by atoms with Crippen LogP contribution in [0.1, 0.15) is 23.6 Å². The number of nitrogens with zero attached hydrogens (tertiary/aromatic N) is 4. The second-order valence-corrected chi connectivity index (χ2v) is 9.22. The number of non-ortho nitro benzene ring substituents is 1. The highest BCUT2D eigenvalue weighted by molar-refractivity contribution is 6.26. The summed E-state index contributed by atoms with van der Waals surface area (Å²) < 4.78 is 5.33. The zero-order chi connectivity index (χ0) is 25.0. The molecule has 0 aromatic heterocycles. The Morgan fingerprint density at radius 1 is 0.972 bits per heavy atom. The van der Waals surface area contributed by atoms with Gasteiger partial charge in [0.25, 0.3) is 11.6 Å². The standard InChI is InChI=1S/C27H24N4O5/c1-36-22-13-11-18(12-14-22)24-23-25(32)30(20-9-5-10-21(17-20)31(34)35)26(33)27(23,19-7-3-2-4-8-19)29-16-6-15-28(24)29/h2-5,7-14,17,23-24H,6,15-16H2,1H3/t23-,24-,27+/m0/s1. The minimum atomic E-state index is -1.25. The minimum Gasteiger partial charge on any atom is -0.497 e. The second kappa shape index (κ2) is 8.25. The molecule has 0 unspecified atom stereocenters. The molecule has 6 rings (SSSR count). The van der Waals surface area contributed by atoms with Crippen molar-refractivity contribution >= 4 is 23.2 Å². The van der Waals surface area contributed by atoms with Crippen molar-refractivity contribution in [1.29, 1.82) is 0 Å². The molecule has 9 heteroatoms. The number of benzene rings is 3. The Balaban J connectivity index is 1.57. The van der Waals surface area contributed by atoms with E-state index in [1.807, 2.05) is 54.6 Å². The summed E-state index contributed by atoms with van der Waals surface area (Å²) >= 11 is 0. The molecule has 3 atom stereocenters. The first-order valence-electron chi connectivity index (χ1n) is 11.8. The molecule has 3 aromatic carbocycles. The van der Waals surface area contributed by atoms with Crippen molar-refractivity contribution in [3.63, 3.8) is 0 Å². The molecule has 2 amide bonds. The van der Waals surface area contributed by atoms with Crippen LogP contribution in [0.4, 0.5) is 11.4 Å². The van der Waals surface area contributed by atoms with Gasteiger partial charge in [-0.3, -0.25) is 19.7 Å². The molecule has 0 spiro atoms. The number of fused-ring (bicyclic) bond motifs is 3. The van der Waals surface area contributed by atoms with Crippen LogP contribution in [0.5, 0.6) is 5.75 Å². The Morgan fingerprint density at radius 2 is 1.72 bits per heavy atom. The number of imide groups is 1. The highest BCUT2D eigenvalue weighted by Gasteiger charge is 2.73. The summed E-state index contributed by atoms with van der Waals surface area (Å²) in [6.07, 6.45) is 0.853. The lowest BCUT2D eigenvalue weighted by Gasteiger charge is -2.36. The van der Waals surface area contributed by atoms with Crippen molar-refractivity contribution in [3.05, 3.63) is 100 Å². The first-order valence-corrected chi connectivity index (χ1v) is 11.8. The Hall–Kier alpha value is -4.08. The highest BCUT2D eigenvalue weighted by atomic mass is 16.6. The van der Waals surface area contributed by atoms with Crippen LogP contribution in [0.15, 0.2) is 78.9 Å². The summed E-state index contributed by atoms with van der Waals surface area (Å²) in [4.78, 5) is 40.8. The molecule has 0 N–H and O–H groups in total. The SMILES string of the molecule is COc1ccc([C@H]2[C@H]3C(=O)N(c4cccc([N+](=O)[O-])c4)C(=O)[C@]3(c3ccccc3)N3CCCN23)cc1. The fraction of sp³-hybridized carbons (Fsp3) is 0.259. The van der Waals surface area contributed by atoms with Gasteiger partial charge in [-0.2, -0.15) is 0 Å². The number of anilines is 1. The van der Waals surface area contributed by atoms with E-state index in [0.29, 0.717) is 12.3 Å². The largest absolute Gasteiger partial charge is 0.497 e. The molecule has 3 saturated heterocycles. The van der Waals surface area contributed by atoms with Crippen LogP contribution in [-0.4, -0.2) is 47.0 Å². The number of hydrogen-bond acceptors (Lipinski definition) is 7. The quantitative estimate of drug-likeness (QED) is 0.310. The maximum Gasteiger partial charge on any atom is 0.271 e. The highest BCUT2D eigenvalue weighted by Crippen LogP contribution is 2.59. The van der Waals surface area contributed by atoms with E-state index in [2.05, 4.69) is 10.0 Å². The maximum atomic E-state index is 14.5. The van der Waals surface area contributed by atoms with E-state index in [-0.39, 0.29) is 29.2 Å². The zero-order valence-corrected chi connectivity index (χ0v) is 19.6. The van der Waals surface area contributed by atoms with Crippen LogP contribution in [0.2, 0.25) is 0 Å². The molecule has 9 nitrogen and oxygen atoms in total. The number of hydrazine groups is 1. The zero-order valence-electron chi connectivity index (χ0n) is 19.6. The van der Waals surface area contributed by atoms with Gasteiger partial charge >= 0.3 is 0 Å². The van der Waals surface area contributed by atoms with Gasteiger partial charge in [-0.05, 0) is 35.7 Å². The normalized spacial score (nSPS) is 25.8. The first kappa shape index (κ1) is 22.4. The number of carbonyl (C=O) groups excluding carboxylic acids is 2. The Morgan fingerprint density at radius 3 is 2.42 bits per heavy atom. The smallest absolute Gasteiger partial charge is 0.271 e. The van der Waals surface area contributed by atoms with Gasteiger partial charge in [0.05, 0.1) is 29.7 Å². The van der Waals surface area contributed by atoms with Gasteiger partial charge in [-0.15, -0.1) is 0 Å². The van der Waals surface area contributed by atoms with Crippen LogP contribution in [0, 0.1) is 16.0 Å². The number of carbonyl (C=O) groups is 2. The van der Waals surface area contributed by atoms with Crippen LogP contribution >= 0.6 is 0 Å². The van der Waals surface area contributed by atoms with Gasteiger partial charge in [0, 0.05) is 25.2 Å². The number of amides is 2. The number of hydrogen-bond donors (Lipinski definition) is 0. The van der Waals surface area contributed by atoms with Gasteiger partial charge in [0.2, 0.25) is 5.91 Å². The molecule has 3 fully saturated rings. The van der Waals surface area contributed by atoms with E-state index in [1.54, 1.807) is 13.2 Å². The second-order valence-electron chi connectivity index (χ2n) is 9.22. The molecule has 0 saturated carbocycles. The van der Waals surface area contributed by atoms with E-state index >= 15 is 0 Å². The van der Waals surface area contributed by atoms with Crippen molar-refractivity contribution in [2.24, 2.45) is 5.92 Å². The van der Waals surface area contributed by atoms with Crippen LogP contribution in [0.25, 0.3) is 0 Å². The van der Waals surface area contributed by atoms with Gasteiger partial charge in [-0.1, -0.05) is 48.5 Å². The average Bonchev–Trinajstić information content (AvgIpc) is 3.55.